The molecular formula is C12H13N3O. The number of aromatic amines is 1. The molecule has 16 heavy (non-hydrogen) atoms. The monoisotopic (exact) mass is 215 g/mol. The molecule has 82 valence electrons. The largest absolute Gasteiger partial charge is 0.319 e. The van der Waals surface area contributed by atoms with Crippen LogP contribution >= 0.6 is 0 Å². The number of hydrogen-bond donors (Lipinski definition) is 2. The Balaban J connectivity index is 2.32. The zero-order valence-electron chi connectivity index (χ0n) is 9.08. The lowest BCUT2D eigenvalue weighted by Gasteiger charge is -2.08. The molecule has 0 amide bonds. The number of aromatic nitrogens is 2. The van der Waals surface area contributed by atoms with Gasteiger partial charge in [0.25, 0.3) is 5.56 Å². The van der Waals surface area contributed by atoms with Gasteiger partial charge in [0.1, 0.15) is 5.82 Å². The van der Waals surface area contributed by atoms with Gasteiger partial charge in [-0.1, -0.05) is 6.07 Å². The highest BCUT2D eigenvalue weighted by atomic mass is 16.1. The number of aryl methyl sites for hydroxylation is 1. The summed E-state index contributed by atoms with van der Waals surface area (Å²) < 4.78 is 0. The van der Waals surface area contributed by atoms with E-state index in [4.69, 9.17) is 5.73 Å². The van der Waals surface area contributed by atoms with Gasteiger partial charge in [-0.3, -0.25) is 4.79 Å². The van der Waals surface area contributed by atoms with Crippen LogP contribution in [0, 0.1) is 6.92 Å². The van der Waals surface area contributed by atoms with Crippen LogP contribution in [0.2, 0.25) is 0 Å². The lowest BCUT2D eigenvalue weighted by molar-refractivity contribution is 0.673. The van der Waals surface area contributed by atoms with Crippen molar-refractivity contribution in [2.24, 2.45) is 5.73 Å². The molecule has 4 heteroatoms. The Morgan fingerprint density at radius 1 is 1.44 bits per heavy atom. The third-order valence-corrected chi connectivity index (χ3v) is 3.12. The highest BCUT2D eigenvalue weighted by molar-refractivity contribution is 5.78. The molecule has 1 fully saturated rings. The first-order valence-corrected chi connectivity index (χ1v) is 5.39. The predicted octanol–water partition coefficient (Wildman–Crippen LogP) is 1.18. The van der Waals surface area contributed by atoms with Crippen LogP contribution in [0.1, 0.15) is 24.2 Å². The standard InChI is InChI=1S/C12H13N3O/c1-7-2-3-8-9(6-7)14-11(15-10(8)16)12(13)4-5-12/h2-3,6H,4-5,13H2,1H3,(H,14,15,16). The summed E-state index contributed by atoms with van der Waals surface area (Å²) in [5.74, 6) is 0.621. The van der Waals surface area contributed by atoms with Crippen molar-refractivity contribution in [1.82, 2.24) is 9.97 Å². The summed E-state index contributed by atoms with van der Waals surface area (Å²) in [5, 5.41) is 0.624. The van der Waals surface area contributed by atoms with Gasteiger partial charge in [0.2, 0.25) is 0 Å². The van der Waals surface area contributed by atoms with E-state index < -0.39 is 5.54 Å². The fourth-order valence-electron chi connectivity index (χ4n) is 1.86. The Bertz CT molecular complexity index is 626. The van der Waals surface area contributed by atoms with Crippen LogP contribution in [0.15, 0.2) is 23.0 Å². The van der Waals surface area contributed by atoms with E-state index in [0.29, 0.717) is 11.2 Å². The molecule has 0 aliphatic heterocycles. The van der Waals surface area contributed by atoms with Gasteiger partial charge in [0, 0.05) is 0 Å². The summed E-state index contributed by atoms with van der Waals surface area (Å²) >= 11 is 0. The smallest absolute Gasteiger partial charge is 0.258 e. The van der Waals surface area contributed by atoms with Crippen molar-refractivity contribution in [3.05, 3.63) is 39.9 Å². The van der Waals surface area contributed by atoms with Crippen LogP contribution in [0.5, 0.6) is 0 Å². The number of H-pyrrole nitrogens is 1. The maximum Gasteiger partial charge on any atom is 0.258 e. The Kier molecular flexibility index (Phi) is 1.74. The molecule has 0 radical (unpaired) electrons. The number of benzene rings is 1. The van der Waals surface area contributed by atoms with Gasteiger partial charge in [-0.2, -0.15) is 0 Å². The molecule has 1 aromatic heterocycles. The zero-order valence-corrected chi connectivity index (χ0v) is 9.08. The van der Waals surface area contributed by atoms with Gasteiger partial charge in [0.15, 0.2) is 0 Å². The summed E-state index contributed by atoms with van der Waals surface area (Å²) in [6.45, 7) is 1.98. The maximum absolute atomic E-state index is 11.8. The van der Waals surface area contributed by atoms with Crippen molar-refractivity contribution < 1.29 is 0 Å². The summed E-state index contributed by atoms with van der Waals surface area (Å²) in [4.78, 5) is 19.1. The molecule has 2 aromatic rings. The van der Waals surface area contributed by atoms with E-state index in [-0.39, 0.29) is 5.56 Å². The molecule has 1 aromatic carbocycles. The van der Waals surface area contributed by atoms with Crippen molar-refractivity contribution in [2.45, 2.75) is 25.3 Å². The van der Waals surface area contributed by atoms with E-state index in [1.165, 1.54) is 0 Å². The zero-order chi connectivity index (χ0) is 11.3. The van der Waals surface area contributed by atoms with Crippen LogP contribution in [-0.2, 0) is 5.54 Å². The Morgan fingerprint density at radius 2 is 2.19 bits per heavy atom. The molecule has 1 aliphatic carbocycles. The van der Waals surface area contributed by atoms with Crippen molar-refractivity contribution in [1.29, 1.82) is 0 Å². The second-order valence-corrected chi connectivity index (χ2v) is 4.59. The number of nitrogens with zero attached hydrogens (tertiary/aromatic N) is 1. The molecule has 0 atom stereocenters. The SMILES string of the molecule is Cc1ccc2c(=O)[nH]c(C3(N)CC3)nc2c1. The van der Waals surface area contributed by atoms with Crippen LogP contribution < -0.4 is 11.3 Å². The van der Waals surface area contributed by atoms with Crippen molar-refractivity contribution in [2.75, 3.05) is 0 Å². The van der Waals surface area contributed by atoms with Crippen LogP contribution in [0.4, 0.5) is 0 Å². The molecule has 4 nitrogen and oxygen atoms in total. The molecule has 3 N–H and O–H groups in total. The fraction of sp³-hybridized carbons (Fsp3) is 0.333. The van der Waals surface area contributed by atoms with Crippen molar-refractivity contribution >= 4 is 10.9 Å². The number of hydrogen-bond acceptors (Lipinski definition) is 3. The molecule has 1 saturated carbocycles. The van der Waals surface area contributed by atoms with Gasteiger partial charge in [-0.15, -0.1) is 0 Å². The van der Waals surface area contributed by atoms with E-state index in [9.17, 15) is 4.79 Å². The maximum atomic E-state index is 11.8. The summed E-state index contributed by atoms with van der Waals surface area (Å²) in [5.41, 5.74) is 7.37. The molecule has 0 unspecified atom stereocenters. The predicted molar refractivity (Wildman–Crippen MR) is 62.2 cm³/mol. The van der Waals surface area contributed by atoms with Crippen molar-refractivity contribution in [3.63, 3.8) is 0 Å². The third-order valence-electron chi connectivity index (χ3n) is 3.12. The number of rotatable bonds is 1. The Morgan fingerprint density at radius 3 is 2.88 bits per heavy atom. The van der Waals surface area contributed by atoms with Gasteiger partial charge < -0.3 is 10.7 Å². The van der Waals surface area contributed by atoms with E-state index in [1.54, 1.807) is 6.07 Å². The molecule has 0 spiro atoms. The number of nitrogens with one attached hydrogen (secondary N) is 1. The number of fused-ring (bicyclic) bond motifs is 1. The minimum Gasteiger partial charge on any atom is -0.319 e. The lowest BCUT2D eigenvalue weighted by atomic mass is 10.1. The lowest BCUT2D eigenvalue weighted by Crippen LogP contribution is -2.26. The molecule has 1 heterocycles. The highest BCUT2D eigenvalue weighted by Crippen LogP contribution is 2.40. The quantitative estimate of drug-likeness (QED) is 0.750. The second-order valence-electron chi connectivity index (χ2n) is 4.59. The highest BCUT2D eigenvalue weighted by Gasteiger charge is 2.42. The van der Waals surface area contributed by atoms with E-state index >= 15 is 0 Å². The molecule has 0 bridgehead atoms. The van der Waals surface area contributed by atoms with Gasteiger partial charge in [-0.05, 0) is 37.5 Å². The summed E-state index contributed by atoms with van der Waals surface area (Å²) in [6.07, 6.45) is 1.79. The first-order chi connectivity index (χ1) is 7.58. The normalized spacial score (nSPS) is 17.6. The van der Waals surface area contributed by atoms with Crippen LogP contribution in [-0.4, -0.2) is 9.97 Å². The van der Waals surface area contributed by atoms with Gasteiger partial charge >= 0.3 is 0 Å². The Hall–Kier alpha value is -1.68. The molecule has 1 aliphatic rings. The van der Waals surface area contributed by atoms with Gasteiger partial charge in [0.05, 0.1) is 16.4 Å². The molecular weight excluding hydrogens is 202 g/mol. The fourth-order valence-corrected chi connectivity index (χ4v) is 1.86. The van der Waals surface area contributed by atoms with Crippen molar-refractivity contribution in [3.8, 4) is 0 Å². The average molecular weight is 215 g/mol. The topological polar surface area (TPSA) is 71.8 Å². The van der Waals surface area contributed by atoms with Crippen LogP contribution in [0.3, 0.4) is 0 Å². The Labute approximate surface area is 92.5 Å². The summed E-state index contributed by atoms with van der Waals surface area (Å²) in [7, 11) is 0. The number of nitrogens with two attached hydrogens (primary N) is 1. The molecule has 3 rings (SSSR count). The van der Waals surface area contributed by atoms with Crippen LogP contribution in [0.25, 0.3) is 10.9 Å². The van der Waals surface area contributed by atoms with E-state index in [1.807, 2.05) is 19.1 Å². The van der Waals surface area contributed by atoms with E-state index in [0.717, 1.165) is 23.9 Å². The second kappa shape index (κ2) is 2.92. The average Bonchev–Trinajstić information content (AvgIpc) is 2.97. The minimum atomic E-state index is -0.392. The summed E-state index contributed by atoms with van der Waals surface area (Å²) in [6, 6.07) is 5.63. The first-order valence-electron chi connectivity index (χ1n) is 5.39. The molecule has 0 saturated heterocycles. The van der Waals surface area contributed by atoms with Gasteiger partial charge in [-0.25, -0.2) is 4.98 Å². The van der Waals surface area contributed by atoms with E-state index in [2.05, 4.69) is 9.97 Å². The first kappa shape index (κ1) is 9.54. The third kappa shape index (κ3) is 1.34. The minimum absolute atomic E-state index is 0.100.